The summed E-state index contributed by atoms with van der Waals surface area (Å²) in [5, 5.41) is 2.71. The van der Waals surface area contributed by atoms with Crippen molar-refractivity contribution in [2.75, 3.05) is 6.54 Å². The third-order valence-electron chi connectivity index (χ3n) is 3.64. The van der Waals surface area contributed by atoms with Crippen molar-refractivity contribution >= 4 is 27.9 Å². The molecule has 7 heteroatoms. The average Bonchev–Trinajstić information content (AvgIpc) is 2.96. The van der Waals surface area contributed by atoms with E-state index >= 15 is 0 Å². The van der Waals surface area contributed by atoms with Gasteiger partial charge in [-0.3, -0.25) is 9.69 Å². The summed E-state index contributed by atoms with van der Waals surface area (Å²) in [4.78, 5) is 26.0. The molecule has 1 aromatic carbocycles. The molecule has 0 spiro atoms. The van der Waals surface area contributed by atoms with Gasteiger partial charge >= 0.3 is 6.09 Å². The fraction of sp³-hybridized carbons (Fsp3) is 0.529. The Balaban J connectivity index is 1.98. The first kappa shape index (κ1) is 18.7. The van der Waals surface area contributed by atoms with Gasteiger partial charge in [-0.15, -0.1) is 0 Å². The van der Waals surface area contributed by atoms with E-state index in [2.05, 4.69) is 21.2 Å². The van der Waals surface area contributed by atoms with Gasteiger partial charge in [0, 0.05) is 23.1 Å². The minimum Gasteiger partial charge on any atom is -0.444 e. The number of hydrogen-bond acceptors (Lipinski definition) is 3. The molecular weight excluding hydrogens is 379 g/mol. The van der Waals surface area contributed by atoms with Crippen LogP contribution in [0.15, 0.2) is 22.7 Å². The van der Waals surface area contributed by atoms with Crippen LogP contribution >= 0.6 is 15.9 Å². The van der Waals surface area contributed by atoms with Crippen molar-refractivity contribution in [1.29, 1.82) is 0 Å². The van der Waals surface area contributed by atoms with Crippen molar-refractivity contribution in [2.45, 2.75) is 51.8 Å². The van der Waals surface area contributed by atoms with Crippen molar-refractivity contribution < 1.29 is 18.7 Å². The lowest BCUT2D eigenvalue weighted by Gasteiger charge is -2.28. The number of rotatable bonds is 3. The number of carbonyl (C=O) groups is 2. The molecule has 2 amide bonds. The Morgan fingerprint density at radius 2 is 2.12 bits per heavy atom. The van der Waals surface area contributed by atoms with Gasteiger partial charge in [0.25, 0.3) is 0 Å². The Morgan fingerprint density at radius 3 is 2.79 bits per heavy atom. The van der Waals surface area contributed by atoms with Gasteiger partial charge in [0.2, 0.25) is 5.91 Å². The van der Waals surface area contributed by atoms with E-state index < -0.39 is 17.7 Å². The zero-order chi connectivity index (χ0) is 17.9. The standard InChI is InChI=1S/C17H22BrFN2O3/c1-17(2,3)24-16(23)21-8-4-5-14(21)15(22)20-10-11-9-12(18)6-7-13(11)19/h6-7,9,14H,4-5,8,10H2,1-3H3,(H,20,22). The summed E-state index contributed by atoms with van der Waals surface area (Å²) in [6.07, 6.45) is 0.822. The van der Waals surface area contributed by atoms with Gasteiger partial charge in [0.05, 0.1) is 0 Å². The zero-order valence-electron chi connectivity index (χ0n) is 14.1. The van der Waals surface area contributed by atoms with Crippen LogP contribution in [0.3, 0.4) is 0 Å². The topological polar surface area (TPSA) is 58.6 Å². The molecule has 1 aliphatic heterocycles. The van der Waals surface area contributed by atoms with Crippen LogP contribution in [0.25, 0.3) is 0 Å². The lowest BCUT2D eigenvalue weighted by Crippen LogP contribution is -2.47. The summed E-state index contributed by atoms with van der Waals surface area (Å²) >= 11 is 3.28. The second-order valence-electron chi connectivity index (χ2n) is 6.79. The van der Waals surface area contributed by atoms with Gasteiger partial charge in [0.15, 0.2) is 0 Å². The van der Waals surface area contributed by atoms with Crippen LogP contribution in [0, 0.1) is 5.82 Å². The quantitative estimate of drug-likeness (QED) is 0.842. The van der Waals surface area contributed by atoms with Gasteiger partial charge in [0.1, 0.15) is 17.5 Å². The molecule has 0 bridgehead atoms. The van der Waals surface area contributed by atoms with E-state index in [9.17, 15) is 14.0 Å². The number of halogens is 2. The highest BCUT2D eigenvalue weighted by Gasteiger charge is 2.36. The highest BCUT2D eigenvalue weighted by Crippen LogP contribution is 2.21. The lowest BCUT2D eigenvalue weighted by molar-refractivity contribution is -0.125. The Morgan fingerprint density at radius 1 is 1.42 bits per heavy atom. The monoisotopic (exact) mass is 400 g/mol. The van der Waals surface area contributed by atoms with Gasteiger partial charge in [-0.1, -0.05) is 15.9 Å². The second kappa shape index (κ2) is 7.51. The Labute approximate surface area is 149 Å². The number of ether oxygens (including phenoxy) is 1. The summed E-state index contributed by atoms with van der Waals surface area (Å²) < 4.78 is 19.8. The third-order valence-corrected chi connectivity index (χ3v) is 4.14. The predicted octanol–water partition coefficient (Wildman–Crippen LogP) is 3.60. The van der Waals surface area contributed by atoms with Crippen LogP contribution in [0.5, 0.6) is 0 Å². The average molecular weight is 401 g/mol. The van der Waals surface area contributed by atoms with E-state index in [1.165, 1.54) is 11.0 Å². The van der Waals surface area contributed by atoms with Crippen molar-refractivity contribution in [1.82, 2.24) is 10.2 Å². The largest absolute Gasteiger partial charge is 0.444 e. The smallest absolute Gasteiger partial charge is 0.410 e. The first-order valence-corrected chi connectivity index (χ1v) is 8.68. The highest BCUT2D eigenvalue weighted by molar-refractivity contribution is 9.10. The molecular formula is C17H22BrFN2O3. The highest BCUT2D eigenvalue weighted by atomic mass is 79.9. The van der Waals surface area contributed by atoms with E-state index in [-0.39, 0.29) is 18.3 Å². The number of nitrogens with zero attached hydrogens (tertiary/aromatic N) is 1. The summed E-state index contributed by atoms with van der Waals surface area (Å²) in [5.74, 6) is -0.674. The zero-order valence-corrected chi connectivity index (χ0v) is 15.7. The Bertz CT molecular complexity index is 631. The molecule has 1 fully saturated rings. The second-order valence-corrected chi connectivity index (χ2v) is 7.70. The molecule has 1 heterocycles. The van der Waals surface area contributed by atoms with Crippen molar-refractivity contribution in [3.05, 3.63) is 34.1 Å². The molecule has 0 saturated carbocycles. The summed E-state index contributed by atoms with van der Waals surface area (Å²) in [5.41, 5.74) is -0.223. The summed E-state index contributed by atoms with van der Waals surface area (Å²) in [7, 11) is 0. The van der Waals surface area contributed by atoms with Gasteiger partial charge in [-0.05, 0) is 51.8 Å². The molecule has 1 atom stereocenters. The van der Waals surface area contributed by atoms with E-state index in [4.69, 9.17) is 4.74 Å². The first-order chi connectivity index (χ1) is 11.2. The fourth-order valence-corrected chi connectivity index (χ4v) is 2.97. The van der Waals surface area contributed by atoms with Crippen molar-refractivity contribution in [3.8, 4) is 0 Å². The number of hydrogen-bond donors (Lipinski definition) is 1. The van der Waals surface area contributed by atoms with Gasteiger partial charge < -0.3 is 10.1 Å². The molecule has 1 N–H and O–H groups in total. The normalized spacial score (nSPS) is 17.7. The molecule has 1 unspecified atom stereocenters. The van der Waals surface area contributed by atoms with Crippen LogP contribution in [0.2, 0.25) is 0 Å². The van der Waals surface area contributed by atoms with Crippen LogP contribution in [0.1, 0.15) is 39.2 Å². The van der Waals surface area contributed by atoms with Crippen LogP contribution < -0.4 is 5.32 Å². The van der Waals surface area contributed by atoms with E-state index in [1.54, 1.807) is 32.9 Å². The molecule has 0 aromatic heterocycles. The van der Waals surface area contributed by atoms with Crippen LogP contribution in [0.4, 0.5) is 9.18 Å². The van der Waals surface area contributed by atoms with Crippen LogP contribution in [-0.2, 0) is 16.1 Å². The molecule has 0 radical (unpaired) electrons. The maximum absolute atomic E-state index is 13.7. The summed E-state index contributed by atoms with van der Waals surface area (Å²) in [6, 6.07) is 3.99. The van der Waals surface area contributed by atoms with E-state index in [0.29, 0.717) is 18.5 Å². The lowest BCUT2D eigenvalue weighted by atomic mass is 10.1. The minimum absolute atomic E-state index is 0.0722. The molecule has 1 saturated heterocycles. The Hall–Kier alpha value is -1.63. The predicted molar refractivity (Wildman–Crippen MR) is 91.9 cm³/mol. The number of benzene rings is 1. The SMILES string of the molecule is CC(C)(C)OC(=O)N1CCCC1C(=O)NCc1cc(Br)ccc1F. The first-order valence-electron chi connectivity index (χ1n) is 7.88. The molecule has 24 heavy (non-hydrogen) atoms. The molecule has 2 rings (SSSR count). The molecule has 132 valence electrons. The van der Waals surface area contributed by atoms with Crippen molar-refractivity contribution in [2.24, 2.45) is 0 Å². The van der Waals surface area contributed by atoms with Crippen LogP contribution in [-0.4, -0.2) is 35.1 Å². The maximum Gasteiger partial charge on any atom is 0.410 e. The van der Waals surface area contributed by atoms with Gasteiger partial charge in [-0.25, -0.2) is 9.18 Å². The number of likely N-dealkylation sites (tertiary alicyclic amines) is 1. The summed E-state index contributed by atoms with van der Waals surface area (Å²) in [6.45, 7) is 5.91. The van der Waals surface area contributed by atoms with E-state index in [0.717, 1.165) is 10.9 Å². The number of nitrogens with one attached hydrogen (secondary N) is 1. The maximum atomic E-state index is 13.7. The fourth-order valence-electron chi connectivity index (χ4n) is 2.56. The minimum atomic E-state index is -0.611. The Kier molecular flexibility index (Phi) is 5.85. The van der Waals surface area contributed by atoms with E-state index in [1.807, 2.05) is 0 Å². The molecule has 1 aliphatic rings. The molecule has 1 aromatic rings. The number of carbonyl (C=O) groups excluding carboxylic acids is 2. The van der Waals surface area contributed by atoms with Gasteiger partial charge in [-0.2, -0.15) is 0 Å². The molecule has 0 aliphatic carbocycles. The molecule has 5 nitrogen and oxygen atoms in total. The number of amides is 2. The third kappa shape index (κ3) is 4.93. The van der Waals surface area contributed by atoms with Crippen molar-refractivity contribution in [3.63, 3.8) is 0 Å².